The summed E-state index contributed by atoms with van der Waals surface area (Å²) in [6.07, 6.45) is 0. The summed E-state index contributed by atoms with van der Waals surface area (Å²) in [7, 11) is 0. The highest BCUT2D eigenvalue weighted by molar-refractivity contribution is 7.98. The lowest BCUT2D eigenvalue weighted by molar-refractivity contribution is 0.825. The van der Waals surface area contributed by atoms with Crippen molar-refractivity contribution in [3.63, 3.8) is 0 Å². The van der Waals surface area contributed by atoms with E-state index in [9.17, 15) is 4.79 Å². The Balaban J connectivity index is 1.64. The number of para-hydroxylation sites is 1. The third-order valence-corrected chi connectivity index (χ3v) is 6.07. The average molecular weight is 422 g/mol. The van der Waals surface area contributed by atoms with Crippen LogP contribution >= 0.6 is 11.8 Å². The van der Waals surface area contributed by atoms with Gasteiger partial charge in [0, 0.05) is 17.4 Å². The van der Waals surface area contributed by atoms with Crippen molar-refractivity contribution in [3.8, 4) is 28.5 Å². The standard InChI is InChI=1S/C26H19N3OS/c30-24-17-23-22(16-25(24)31-18-19-10-4-1-5-11-19)27-26(20-12-6-2-7-13-20)28-29(23)21-14-8-3-9-15-21/h1-17H,18H2. The van der Waals surface area contributed by atoms with Crippen LogP contribution in [-0.2, 0) is 5.75 Å². The minimum absolute atomic E-state index is 0.0193. The lowest BCUT2D eigenvalue weighted by Crippen LogP contribution is -2.14. The fourth-order valence-corrected chi connectivity index (χ4v) is 4.32. The van der Waals surface area contributed by atoms with Crippen molar-refractivity contribution in [2.24, 2.45) is 0 Å². The van der Waals surface area contributed by atoms with Gasteiger partial charge in [0.2, 0.25) is 0 Å². The third kappa shape index (κ3) is 4.13. The minimum atomic E-state index is -0.0193. The maximum Gasteiger partial charge on any atom is 0.194 e. The Bertz CT molecular complexity index is 1340. The third-order valence-electron chi connectivity index (χ3n) is 4.96. The molecule has 0 fully saturated rings. The summed E-state index contributed by atoms with van der Waals surface area (Å²) in [5.74, 6) is 1.35. The van der Waals surface area contributed by atoms with E-state index in [-0.39, 0.29) is 5.43 Å². The van der Waals surface area contributed by atoms with Crippen LogP contribution in [0, 0.1) is 0 Å². The van der Waals surface area contributed by atoms with Crippen LogP contribution in [0.5, 0.6) is 0 Å². The van der Waals surface area contributed by atoms with Crippen LogP contribution in [0.3, 0.4) is 0 Å². The Morgan fingerprint density at radius 2 is 1.42 bits per heavy atom. The van der Waals surface area contributed by atoms with E-state index in [1.807, 2.05) is 84.9 Å². The number of aromatic nitrogens is 3. The molecular formula is C26H19N3OS. The number of fused-ring (bicyclic) bond motifs is 1. The van der Waals surface area contributed by atoms with Gasteiger partial charge in [0.05, 0.1) is 22.0 Å². The Morgan fingerprint density at radius 3 is 2.13 bits per heavy atom. The largest absolute Gasteiger partial charge is 0.289 e. The summed E-state index contributed by atoms with van der Waals surface area (Å²) in [5.41, 5.74) is 4.41. The van der Waals surface area contributed by atoms with Crippen LogP contribution in [0.25, 0.3) is 28.5 Å². The van der Waals surface area contributed by atoms with Gasteiger partial charge in [-0.25, -0.2) is 9.67 Å². The Morgan fingerprint density at radius 1 is 0.774 bits per heavy atom. The molecule has 3 aromatic rings. The molecule has 5 heteroatoms. The summed E-state index contributed by atoms with van der Waals surface area (Å²) < 4.78 is 1.80. The minimum Gasteiger partial charge on any atom is -0.289 e. The first-order chi connectivity index (χ1) is 15.3. The molecule has 0 spiro atoms. The molecule has 31 heavy (non-hydrogen) atoms. The summed E-state index contributed by atoms with van der Waals surface area (Å²) >= 11 is 1.54. The molecule has 150 valence electrons. The predicted octanol–water partition coefficient (Wildman–Crippen LogP) is 5.69. The van der Waals surface area contributed by atoms with Crippen LogP contribution < -0.4 is 5.43 Å². The van der Waals surface area contributed by atoms with E-state index in [1.165, 1.54) is 17.3 Å². The number of rotatable bonds is 5. The van der Waals surface area contributed by atoms with Gasteiger partial charge in [-0.2, -0.15) is 0 Å². The first kappa shape index (κ1) is 19.3. The number of benzene rings is 4. The van der Waals surface area contributed by atoms with Gasteiger partial charge in [0.25, 0.3) is 0 Å². The fourth-order valence-electron chi connectivity index (χ4n) is 3.41. The first-order valence-corrected chi connectivity index (χ1v) is 11.0. The molecule has 5 rings (SSSR count). The van der Waals surface area contributed by atoms with Gasteiger partial charge in [0.1, 0.15) is 0 Å². The van der Waals surface area contributed by atoms with Gasteiger partial charge in [-0.1, -0.05) is 78.9 Å². The first-order valence-electron chi connectivity index (χ1n) is 10.0. The van der Waals surface area contributed by atoms with E-state index in [0.717, 1.165) is 22.7 Å². The maximum absolute atomic E-state index is 12.9. The highest BCUT2D eigenvalue weighted by Crippen LogP contribution is 2.29. The molecule has 0 aromatic heterocycles. The highest BCUT2D eigenvalue weighted by Gasteiger charge is 2.17. The van der Waals surface area contributed by atoms with Crippen molar-refractivity contribution >= 4 is 11.8 Å². The lowest BCUT2D eigenvalue weighted by Gasteiger charge is -2.16. The van der Waals surface area contributed by atoms with Crippen LogP contribution in [0.2, 0.25) is 0 Å². The second-order valence-corrected chi connectivity index (χ2v) is 8.13. The molecule has 0 radical (unpaired) electrons. The van der Waals surface area contributed by atoms with E-state index in [2.05, 4.69) is 12.1 Å². The number of hydrogen-bond acceptors (Lipinski definition) is 4. The van der Waals surface area contributed by atoms with E-state index >= 15 is 0 Å². The normalized spacial score (nSPS) is 11.0. The zero-order valence-corrected chi connectivity index (χ0v) is 17.5. The highest BCUT2D eigenvalue weighted by atomic mass is 32.2. The number of thioether (sulfide) groups is 1. The van der Waals surface area contributed by atoms with Crippen molar-refractivity contribution in [1.82, 2.24) is 14.8 Å². The van der Waals surface area contributed by atoms with Gasteiger partial charge in [-0.05, 0) is 23.8 Å². The van der Waals surface area contributed by atoms with Crippen molar-refractivity contribution in [1.29, 1.82) is 0 Å². The molecule has 0 atom stereocenters. The number of hydrogen-bond donors (Lipinski definition) is 0. The summed E-state index contributed by atoms with van der Waals surface area (Å²) in [6, 6.07) is 33.4. The van der Waals surface area contributed by atoms with Crippen LogP contribution in [0.15, 0.2) is 113 Å². The quantitative estimate of drug-likeness (QED) is 0.342. The maximum atomic E-state index is 12.9. The average Bonchev–Trinajstić information content (AvgIpc) is 2.84. The Labute approximate surface area is 184 Å². The van der Waals surface area contributed by atoms with E-state index in [1.54, 1.807) is 10.7 Å². The molecule has 0 unspecified atom stereocenters. The zero-order valence-electron chi connectivity index (χ0n) is 16.7. The molecule has 4 nitrogen and oxygen atoms in total. The molecule has 1 heterocycles. The van der Waals surface area contributed by atoms with Crippen LogP contribution in [0.4, 0.5) is 0 Å². The molecule has 0 saturated heterocycles. The van der Waals surface area contributed by atoms with Crippen molar-refractivity contribution < 1.29 is 0 Å². The smallest absolute Gasteiger partial charge is 0.194 e. The molecule has 0 amide bonds. The summed E-state index contributed by atoms with van der Waals surface area (Å²) in [6.45, 7) is 0. The van der Waals surface area contributed by atoms with Gasteiger partial charge in [-0.3, -0.25) is 4.79 Å². The molecule has 3 aromatic carbocycles. The molecule has 0 bridgehead atoms. The summed E-state index contributed by atoms with van der Waals surface area (Å²) in [4.78, 5) is 18.4. The second-order valence-electron chi connectivity index (χ2n) is 7.11. The van der Waals surface area contributed by atoms with Gasteiger partial charge < -0.3 is 0 Å². The van der Waals surface area contributed by atoms with Crippen LogP contribution in [-0.4, -0.2) is 14.8 Å². The second kappa shape index (κ2) is 8.58. The van der Waals surface area contributed by atoms with E-state index in [0.29, 0.717) is 16.4 Å². The molecular weight excluding hydrogens is 402 g/mol. The van der Waals surface area contributed by atoms with E-state index < -0.39 is 0 Å². The van der Waals surface area contributed by atoms with Gasteiger partial charge >= 0.3 is 0 Å². The predicted molar refractivity (Wildman–Crippen MR) is 126 cm³/mol. The fraction of sp³-hybridized carbons (Fsp3) is 0.0385. The van der Waals surface area contributed by atoms with Crippen LogP contribution in [0.1, 0.15) is 5.56 Å². The van der Waals surface area contributed by atoms with E-state index in [4.69, 9.17) is 10.1 Å². The van der Waals surface area contributed by atoms with Crippen molar-refractivity contribution in [2.75, 3.05) is 0 Å². The molecule has 0 N–H and O–H groups in total. The molecule has 2 aliphatic rings. The number of nitrogens with zero attached hydrogens (tertiary/aromatic N) is 3. The van der Waals surface area contributed by atoms with Crippen molar-refractivity contribution in [2.45, 2.75) is 10.6 Å². The SMILES string of the molecule is O=c1cc2n(-c3ccccc3)nc(-c3ccccc3)nc-2cc1SCc1ccccc1. The lowest BCUT2D eigenvalue weighted by atomic mass is 10.1. The van der Waals surface area contributed by atoms with Gasteiger partial charge in [-0.15, -0.1) is 16.9 Å². The molecule has 0 saturated carbocycles. The summed E-state index contributed by atoms with van der Waals surface area (Å²) in [5, 5.41) is 4.77. The molecule has 1 aliphatic carbocycles. The molecule has 1 aliphatic heterocycles. The van der Waals surface area contributed by atoms with Crippen molar-refractivity contribution in [3.05, 3.63) is 119 Å². The zero-order chi connectivity index (χ0) is 21.0. The van der Waals surface area contributed by atoms with Gasteiger partial charge in [0.15, 0.2) is 11.3 Å². The monoisotopic (exact) mass is 421 g/mol. The topological polar surface area (TPSA) is 47.8 Å². The Kier molecular flexibility index (Phi) is 5.33. The Hall–Kier alpha value is -3.70.